The number of carboxylic acid groups (broad SMARTS) is 1. The number of halogens is 1. The molecule has 2 aliphatic rings. The average molecular weight is 391 g/mol. The van der Waals surface area contributed by atoms with Gasteiger partial charge in [-0.15, -0.1) is 0 Å². The van der Waals surface area contributed by atoms with E-state index in [2.05, 4.69) is 0 Å². The summed E-state index contributed by atoms with van der Waals surface area (Å²) in [6.45, 7) is 3.67. The van der Waals surface area contributed by atoms with Gasteiger partial charge in [-0.25, -0.2) is 0 Å². The van der Waals surface area contributed by atoms with Crippen LogP contribution in [0.2, 0.25) is 5.02 Å². The van der Waals surface area contributed by atoms with Gasteiger partial charge in [0.05, 0.1) is 5.69 Å². The fourth-order valence-electron chi connectivity index (χ4n) is 4.10. The van der Waals surface area contributed by atoms with Crippen LogP contribution in [0.25, 0.3) is 0 Å². The molecule has 0 aromatic heterocycles. The van der Waals surface area contributed by atoms with Crippen molar-refractivity contribution in [3.05, 3.63) is 28.8 Å². The summed E-state index contributed by atoms with van der Waals surface area (Å²) in [4.78, 5) is 31.1. The highest BCUT2D eigenvalue weighted by Gasteiger charge is 2.37. The number of aliphatic imine (C=N–C) groups is 1. The molecule has 1 saturated carbocycles. The smallest absolute Gasteiger partial charge is 0.323 e. The first-order valence-corrected chi connectivity index (χ1v) is 10.2. The second-order valence-corrected chi connectivity index (χ2v) is 8.10. The van der Waals surface area contributed by atoms with E-state index in [-0.39, 0.29) is 18.4 Å². The number of rotatable bonds is 5. The molecule has 1 heterocycles. The van der Waals surface area contributed by atoms with E-state index in [1.54, 1.807) is 12.1 Å². The van der Waals surface area contributed by atoms with Gasteiger partial charge in [-0.3, -0.25) is 19.5 Å². The lowest BCUT2D eigenvalue weighted by Crippen LogP contribution is -2.43. The normalized spacial score (nSPS) is 22.0. The Labute approximate surface area is 165 Å². The third-order valence-corrected chi connectivity index (χ3v) is 6.03. The Kier molecular flexibility index (Phi) is 6.20. The molecule has 0 radical (unpaired) electrons. The van der Waals surface area contributed by atoms with Crippen molar-refractivity contribution < 1.29 is 14.7 Å². The Morgan fingerprint density at radius 1 is 1.33 bits per heavy atom. The van der Waals surface area contributed by atoms with Crippen LogP contribution in [-0.2, 0) is 9.59 Å². The summed E-state index contributed by atoms with van der Waals surface area (Å²) in [6.07, 6.45) is 6.43. The van der Waals surface area contributed by atoms with Crippen molar-refractivity contribution in [3.8, 4) is 0 Å². The van der Waals surface area contributed by atoms with E-state index in [0.29, 0.717) is 16.6 Å². The second-order valence-electron chi connectivity index (χ2n) is 7.66. The summed E-state index contributed by atoms with van der Waals surface area (Å²) in [6, 6.07) is 4.75. The molecule has 1 fully saturated rings. The molecule has 2 atom stereocenters. The van der Waals surface area contributed by atoms with Crippen LogP contribution >= 0.6 is 11.6 Å². The van der Waals surface area contributed by atoms with Crippen LogP contribution in [0, 0.1) is 11.8 Å². The summed E-state index contributed by atoms with van der Waals surface area (Å²) >= 11 is 6.28. The molecule has 1 unspecified atom stereocenters. The van der Waals surface area contributed by atoms with Crippen LogP contribution in [0.1, 0.15) is 57.9 Å². The zero-order valence-electron chi connectivity index (χ0n) is 15.9. The van der Waals surface area contributed by atoms with Crippen molar-refractivity contribution in [2.75, 3.05) is 11.4 Å². The molecule has 1 N–H and O–H groups in total. The minimum atomic E-state index is -1.03. The number of hydrogen-bond acceptors (Lipinski definition) is 3. The highest BCUT2D eigenvalue weighted by Crippen LogP contribution is 2.36. The maximum atomic E-state index is 13.3. The van der Waals surface area contributed by atoms with Gasteiger partial charge in [0.25, 0.3) is 5.91 Å². The van der Waals surface area contributed by atoms with Crippen LogP contribution in [0.4, 0.5) is 5.69 Å². The fraction of sp³-hybridized carbons (Fsp3) is 0.571. The number of aliphatic carboxylic acids is 1. The third-order valence-electron chi connectivity index (χ3n) is 5.79. The third kappa shape index (κ3) is 4.18. The van der Waals surface area contributed by atoms with E-state index in [4.69, 9.17) is 16.6 Å². The predicted octanol–water partition coefficient (Wildman–Crippen LogP) is 4.56. The van der Waals surface area contributed by atoms with Gasteiger partial charge in [0.2, 0.25) is 0 Å². The SMILES string of the molecule is CC[C@H](C)C1N=C(C2CCCCC2)c2cc(Cl)ccc2N(CC(=O)O)C1=O. The summed E-state index contributed by atoms with van der Waals surface area (Å²) in [5.74, 6) is -0.938. The van der Waals surface area contributed by atoms with Crippen LogP contribution < -0.4 is 4.90 Å². The zero-order chi connectivity index (χ0) is 19.6. The molecule has 6 heteroatoms. The molecule has 146 valence electrons. The van der Waals surface area contributed by atoms with Crippen molar-refractivity contribution >= 4 is 34.9 Å². The van der Waals surface area contributed by atoms with Gasteiger partial charge in [-0.2, -0.15) is 0 Å². The van der Waals surface area contributed by atoms with Crippen LogP contribution in [-0.4, -0.2) is 35.3 Å². The summed E-state index contributed by atoms with van der Waals surface area (Å²) < 4.78 is 0. The Morgan fingerprint density at radius 3 is 2.67 bits per heavy atom. The van der Waals surface area contributed by atoms with E-state index in [9.17, 15) is 14.7 Å². The number of carboxylic acids is 1. The lowest BCUT2D eigenvalue weighted by atomic mass is 9.82. The van der Waals surface area contributed by atoms with E-state index < -0.39 is 12.0 Å². The largest absolute Gasteiger partial charge is 0.480 e. The van der Waals surface area contributed by atoms with E-state index >= 15 is 0 Å². The number of anilines is 1. The average Bonchev–Trinajstić information content (AvgIpc) is 2.77. The van der Waals surface area contributed by atoms with Crippen LogP contribution in [0.5, 0.6) is 0 Å². The van der Waals surface area contributed by atoms with Crippen molar-refractivity contribution in [3.63, 3.8) is 0 Å². The maximum absolute atomic E-state index is 13.3. The number of carbonyl (C=O) groups excluding carboxylic acids is 1. The molecule has 5 nitrogen and oxygen atoms in total. The van der Waals surface area contributed by atoms with Crippen LogP contribution in [0.3, 0.4) is 0 Å². The molecule has 27 heavy (non-hydrogen) atoms. The van der Waals surface area contributed by atoms with Gasteiger partial charge in [0.15, 0.2) is 0 Å². The second kappa shape index (κ2) is 8.42. The first kappa shape index (κ1) is 19.9. The van der Waals surface area contributed by atoms with Crippen molar-refractivity contribution in [1.82, 2.24) is 0 Å². The standard InChI is InChI=1S/C21H27ClN2O3/c1-3-13(2)19-21(27)24(12-18(25)26)17-10-9-15(22)11-16(17)20(23-19)14-7-5-4-6-8-14/h9-11,13-14,19H,3-8,12H2,1-2H3,(H,25,26)/t13-,19?/m0/s1. The number of benzene rings is 1. The highest BCUT2D eigenvalue weighted by atomic mass is 35.5. The van der Waals surface area contributed by atoms with Gasteiger partial charge in [-0.1, -0.05) is 51.1 Å². The van der Waals surface area contributed by atoms with Gasteiger partial charge >= 0.3 is 5.97 Å². The summed E-state index contributed by atoms with van der Waals surface area (Å²) in [7, 11) is 0. The Hall–Kier alpha value is -1.88. The number of nitrogens with zero attached hydrogens (tertiary/aromatic N) is 2. The van der Waals surface area contributed by atoms with Gasteiger partial charge in [-0.05, 0) is 37.0 Å². The summed E-state index contributed by atoms with van der Waals surface area (Å²) in [5.41, 5.74) is 2.36. The zero-order valence-corrected chi connectivity index (χ0v) is 16.7. The molecule has 0 bridgehead atoms. The minimum Gasteiger partial charge on any atom is -0.480 e. The van der Waals surface area contributed by atoms with Crippen molar-refractivity contribution in [2.45, 2.75) is 58.4 Å². The lowest BCUT2D eigenvalue weighted by Gasteiger charge is -2.26. The van der Waals surface area contributed by atoms with Crippen molar-refractivity contribution in [1.29, 1.82) is 0 Å². The van der Waals surface area contributed by atoms with Gasteiger partial charge in [0, 0.05) is 22.2 Å². The monoisotopic (exact) mass is 390 g/mol. The molecule has 0 saturated heterocycles. The van der Waals surface area contributed by atoms with Gasteiger partial charge < -0.3 is 5.11 Å². The highest BCUT2D eigenvalue weighted by molar-refractivity contribution is 6.31. The molecule has 1 aliphatic carbocycles. The Bertz CT molecular complexity index is 756. The molecule has 1 aromatic carbocycles. The number of hydrogen-bond donors (Lipinski definition) is 1. The molecule has 0 spiro atoms. The molecular weight excluding hydrogens is 364 g/mol. The summed E-state index contributed by atoms with van der Waals surface area (Å²) in [5, 5.41) is 9.97. The number of amides is 1. The number of benzodiazepines with no additional fused rings is 1. The Balaban J connectivity index is 2.17. The van der Waals surface area contributed by atoms with E-state index in [1.807, 2.05) is 19.9 Å². The first-order valence-electron chi connectivity index (χ1n) is 9.83. The van der Waals surface area contributed by atoms with E-state index in [1.165, 1.54) is 11.3 Å². The first-order chi connectivity index (χ1) is 12.9. The number of carbonyl (C=O) groups is 2. The molecule has 1 aromatic rings. The maximum Gasteiger partial charge on any atom is 0.323 e. The molecule has 3 rings (SSSR count). The van der Waals surface area contributed by atoms with E-state index in [0.717, 1.165) is 43.4 Å². The lowest BCUT2D eigenvalue weighted by molar-refractivity contribution is -0.136. The predicted molar refractivity (Wildman–Crippen MR) is 108 cm³/mol. The molecular formula is C21H27ClN2O3. The quantitative estimate of drug-likeness (QED) is 0.801. The molecule has 1 amide bonds. The minimum absolute atomic E-state index is 0.0390. The van der Waals surface area contributed by atoms with Crippen LogP contribution in [0.15, 0.2) is 23.2 Å². The molecule has 1 aliphatic heterocycles. The topological polar surface area (TPSA) is 70.0 Å². The van der Waals surface area contributed by atoms with Crippen molar-refractivity contribution in [2.24, 2.45) is 16.8 Å². The Morgan fingerprint density at radius 2 is 2.04 bits per heavy atom. The fourth-order valence-corrected chi connectivity index (χ4v) is 4.27. The number of fused-ring (bicyclic) bond motifs is 1. The van der Waals surface area contributed by atoms with Gasteiger partial charge in [0.1, 0.15) is 12.6 Å².